The lowest BCUT2D eigenvalue weighted by molar-refractivity contribution is -0.148. The molecule has 0 spiro atoms. The summed E-state index contributed by atoms with van der Waals surface area (Å²) in [5.74, 6) is -0.364. The summed E-state index contributed by atoms with van der Waals surface area (Å²) in [6, 6.07) is 10.2. The van der Waals surface area contributed by atoms with E-state index in [9.17, 15) is 27.6 Å². The Kier molecular flexibility index (Phi) is 7.26. The molecule has 3 N–H and O–H groups in total. The zero-order valence-electron chi connectivity index (χ0n) is 20.2. The monoisotopic (exact) mass is 517 g/mol. The van der Waals surface area contributed by atoms with Gasteiger partial charge in [0, 0.05) is 22.3 Å². The summed E-state index contributed by atoms with van der Waals surface area (Å²) in [5.41, 5.74) is 4.58. The van der Waals surface area contributed by atoms with Gasteiger partial charge in [0.15, 0.2) is 6.10 Å². The van der Waals surface area contributed by atoms with Gasteiger partial charge in [-0.2, -0.15) is 13.2 Å². The van der Waals surface area contributed by atoms with Crippen molar-refractivity contribution >= 4 is 28.5 Å². The first-order valence-electron chi connectivity index (χ1n) is 11.7. The predicted octanol–water partition coefficient (Wildman–Crippen LogP) is 4.46. The lowest BCUT2D eigenvalue weighted by Crippen LogP contribution is -2.35. The number of anilines is 1. The number of nitrogens with two attached hydrogens (primary N) is 1. The summed E-state index contributed by atoms with van der Waals surface area (Å²) in [4.78, 5) is 41.1. The molecule has 11 heteroatoms. The highest BCUT2D eigenvalue weighted by Gasteiger charge is 2.35. The van der Waals surface area contributed by atoms with E-state index in [1.54, 1.807) is 12.1 Å². The SMILES string of the molecule is CC(C)C[C@H](N)C(=O)OC[C@H]1CN(c2ccc3cc(-c4ccccc4C(F)(F)F)[nH]c(=O)c3c2)C(=O)O1. The summed E-state index contributed by atoms with van der Waals surface area (Å²) in [5, 5.41) is 0.588. The summed E-state index contributed by atoms with van der Waals surface area (Å²) < 4.78 is 50.8. The van der Waals surface area contributed by atoms with E-state index < -0.39 is 41.5 Å². The highest BCUT2D eigenvalue weighted by Crippen LogP contribution is 2.36. The number of benzene rings is 2. The number of carbonyl (C=O) groups is 2. The van der Waals surface area contributed by atoms with Gasteiger partial charge in [0.2, 0.25) is 0 Å². The number of cyclic esters (lactones) is 1. The molecular weight excluding hydrogens is 491 g/mol. The van der Waals surface area contributed by atoms with Gasteiger partial charge < -0.3 is 20.2 Å². The van der Waals surface area contributed by atoms with Crippen LogP contribution in [0.5, 0.6) is 0 Å². The molecule has 3 aromatic rings. The summed E-state index contributed by atoms with van der Waals surface area (Å²) in [7, 11) is 0. The molecule has 1 aliphatic heterocycles. The second-order valence-electron chi connectivity index (χ2n) is 9.31. The summed E-state index contributed by atoms with van der Waals surface area (Å²) in [6.07, 6.45) is -5.53. The van der Waals surface area contributed by atoms with Crippen LogP contribution in [0.3, 0.4) is 0 Å². The first-order chi connectivity index (χ1) is 17.4. The number of halogens is 3. The molecule has 4 rings (SSSR count). The van der Waals surface area contributed by atoms with Gasteiger partial charge in [-0.15, -0.1) is 0 Å². The zero-order valence-corrected chi connectivity index (χ0v) is 20.2. The maximum Gasteiger partial charge on any atom is 0.417 e. The molecule has 2 atom stereocenters. The van der Waals surface area contributed by atoms with Crippen LogP contribution in [0.1, 0.15) is 25.8 Å². The number of rotatable bonds is 7. The fourth-order valence-corrected chi connectivity index (χ4v) is 4.23. The number of amides is 1. The van der Waals surface area contributed by atoms with Crippen LogP contribution in [0, 0.1) is 5.92 Å². The number of fused-ring (bicyclic) bond motifs is 1. The number of esters is 1. The Bertz CT molecular complexity index is 1390. The van der Waals surface area contributed by atoms with Crippen LogP contribution in [-0.4, -0.2) is 42.3 Å². The molecule has 2 aromatic carbocycles. The molecule has 0 bridgehead atoms. The first-order valence-corrected chi connectivity index (χ1v) is 11.7. The van der Waals surface area contributed by atoms with Gasteiger partial charge in [-0.25, -0.2) is 4.79 Å². The van der Waals surface area contributed by atoms with Gasteiger partial charge in [-0.05, 0) is 42.0 Å². The minimum absolute atomic E-state index is 0.0244. The number of nitrogens with zero attached hydrogens (tertiary/aromatic N) is 1. The van der Waals surface area contributed by atoms with Crippen molar-refractivity contribution in [2.75, 3.05) is 18.1 Å². The summed E-state index contributed by atoms with van der Waals surface area (Å²) >= 11 is 0. The van der Waals surface area contributed by atoms with Gasteiger partial charge in [-0.1, -0.05) is 38.1 Å². The second kappa shape index (κ2) is 10.3. The number of alkyl halides is 3. The predicted molar refractivity (Wildman–Crippen MR) is 131 cm³/mol. The number of aromatic amines is 1. The lowest BCUT2D eigenvalue weighted by atomic mass is 10.0. The Morgan fingerprint density at radius 1 is 1.19 bits per heavy atom. The largest absolute Gasteiger partial charge is 0.461 e. The highest BCUT2D eigenvalue weighted by atomic mass is 19.4. The van der Waals surface area contributed by atoms with Crippen molar-refractivity contribution in [3.05, 3.63) is 64.4 Å². The van der Waals surface area contributed by atoms with E-state index in [-0.39, 0.29) is 35.7 Å². The van der Waals surface area contributed by atoms with Gasteiger partial charge >= 0.3 is 18.2 Å². The van der Waals surface area contributed by atoms with E-state index in [1.807, 2.05) is 13.8 Å². The average Bonchev–Trinajstić information content (AvgIpc) is 3.21. The third kappa shape index (κ3) is 5.77. The Morgan fingerprint density at radius 3 is 2.62 bits per heavy atom. The molecule has 0 radical (unpaired) electrons. The fourth-order valence-electron chi connectivity index (χ4n) is 4.23. The quantitative estimate of drug-likeness (QED) is 0.448. The maximum atomic E-state index is 13.5. The molecule has 0 unspecified atom stereocenters. The van der Waals surface area contributed by atoms with Crippen molar-refractivity contribution in [2.45, 2.75) is 38.6 Å². The third-order valence-electron chi connectivity index (χ3n) is 5.98. The summed E-state index contributed by atoms with van der Waals surface area (Å²) in [6.45, 7) is 3.77. The minimum Gasteiger partial charge on any atom is -0.461 e. The van der Waals surface area contributed by atoms with E-state index in [2.05, 4.69) is 4.98 Å². The van der Waals surface area contributed by atoms with Crippen LogP contribution in [0.15, 0.2) is 53.3 Å². The van der Waals surface area contributed by atoms with Crippen molar-refractivity contribution in [1.29, 1.82) is 0 Å². The van der Waals surface area contributed by atoms with Crippen molar-refractivity contribution in [2.24, 2.45) is 11.7 Å². The standard InChI is InChI=1S/C26H26F3N3O5/c1-14(2)9-21(30)24(34)36-13-17-12-32(25(35)37-17)16-8-7-15-10-22(31-23(33)19(15)11-16)18-5-3-4-6-20(18)26(27,28)29/h3-8,10-11,14,17,21H,9,12-13,30H2,1-2H3,(H,31,33)/t17-,21+/m1/s1. The van der Waals surface area contributed by atoms with Gasteiger partial charge in [-0.3, -0.25) is 14.5 Å². The molecule has 2 heterocycles. The van der Waals surface area contributed by atoms with Gasteiger partial charge in [0.1, 0.15) is 12.6 Å². The topological polar surface area (TPSA) is 115 Å². The first kappa shape index (κ1) is 26.2. The molecule has 8 nitrogen and oxygen atoms in total. The minimum atomic E-state index is -4.59. The van der Waals surface area contributed by atoms with Crippen LogP contribution >= 0.6 is 0 Å². The van der Waals surface area contributed by atoms with E-state index in [4.69, 9.17) is 15.2 Å². The van der Waals surface area contributed by atoms with E-state index in [0.29, 0.717) is 17.5 Å². The molecule has 1 aliphatic rings. The number of carbonyl (C=O) groups excluding carboxylic acids is 2. The van der Waals surface area contributed by atoms with Crippen molar-refractivity contribution in [3.8, 4) is 11.3 Å². The number of hydrogen-bond acceptors (Lipinski definition) is 6. The number of aromatic nitrogens is 1. The van der Waals surface area contributed by atoms with Crippen LogP contribution < -0.4 is 16.2 Å². The number of H-pyrrole nitrogens is 1. The maximum absolute atomic E-state index is 13.5. The molecule has 0 saturated carbocycles. The highest BCUT2D eigenvalue weighted by molar-refractivity contribution is 5.95. The molecule has 1 aromatic heterocycles. The molecule has 37 heavy (non-hydrogen) atoms. The van der Waals surface area contributed by atoms with Crippen LogP contribution in [0.25, 0.3) is 22.0 Å². The van der Waals surface area contributed by atoms with Crippen LogP contribution in [-0.2, 0) is 20.4 Å². The number of nitrogens with one attached hydrogen (secondary N) is 1. The Balaban J connectivity index is 1.53. The smallest absolute Gasteiger partial charge is 0.417 e. The van der Waals surface area contributed by atoms with Crippen molar-refractivity contribution in [1.82, 2.24) is 4.98 Å². The van der Waals surface area contributed by atoms with E-state index in [1.165, 1.54) is 35.2 Å². The van der Waals surface area contributed by atoms with E-state index in [0.717, 1.165) is 6.07 Å². The van der Waals surface area contributed by atoms with Crippen molar-refractivity contribution < 1.29 is 32.2 Å². The number of hydrogen-bond donors (Lipinski definition) is 2. The van der Waals surface area contributed by atoms with Crippen LogP contribution in [0.2, 0.25) is 0 Å². The number of ether oxygens (including phenoxy) is 2. The Labute approximate surface area is 210 Å². The molecule has 1 amide bonds. The van der Waals surface area contributed by atoms with E-state index >= 15 is 0 Å². The zero-order chi connectivity index (χ0) is 26.9. The molecule has 196 valence electrons. The lowest BCUT2D eigenvalue weighted by Gasteiger charge is -2.16. The average molecular weight is 518 g/mol. The molecule has 1 saturated heterocycles. The number of pyridine rings is 1. The van der Waals surface area contributed by atoms with Crippen LogP contribution in [0.4, 0.5) is 23.7 Å². The third-order valence-corrected chi connectivity index (χ3v) is 5.98. The normalized spacial score (nSPS) is 16.8. The van der Waals surface area contributed by atoms with Crippen molar-refractivity contribution in [3.63, 3.8) is 0 Å². The van der Waals surface area contributed by atoms with Gasteiger partial charge in [0.25, 0.3) is 5.56 Å². The van der Waals surface area contributed by atoms with Gasteiger partial charge in [0.05, 0.1) is 12.1 Å². The second-order valence-corrected chi connectivity index (χ2v) is 9.31. The molecular formula is C26H26F3N3O5. The Morgan fingerprint density at radius 2 is 1.92 bits per heavy atom. The molecule has 1 fully saturated rings. The fraction of sp³-hybridized carbons (Fsp3) is 0.346. The Hall–Kier alpha value is -3.86. The molecule has 0 aliphatic carbocycles.